The fourth-order valence-corrected chi connectivity index (χ4v) is 4.39. The molecular weight excluding hydrogens is 444 g/mol. The molecule has 2 heterocycles. The van der Waals surface area contributed by atoms with Crippen molar-refractivity contribution in [2.45, 2.75) is 33.7 Å². The van der Waals surface area contributed by atoms with Crippen molar-refractivity contribution in [3.8, 4) is 11.5 Å². The van der Waals surface area contributed by atoms with Crippen LogP contribution in [0.25, 0.3) is 10.9 Å². The fourth-order valence-electron chi connectivity index (χ4n) is 4.39. The van der Waals surface area contributed by atoms with Crippen LogP contribution in [-0.2, 0) is 0 Å². The first-order chi connectivity index (χ1) is 16.8. The number of nitrogen functional groups attached to an aromatic ring is 1. The maximum absolute atomic E-state index is 12.9. The number of likely N-dealkylation sites (N-methyl/N-ethyl adjacent to an activating group) is 1. The number of hydrogen-bond donors (Lipinski definition) is 2. The first-order valence-electron chi connectivity index (χ1n) is 12.0. The number of ether oxygens (including phenoxy) is 2. The van der Waals surface area contributed by atoms with Gasteiger partial charge in [0, 0.05) is 43.3 Å². The molecule has 1 aliphatic rings. The molecule has 3 aromatic rings. The Kier molecular flexibility index (Phi) is 7.25. The molecule has 1 amide bonds. The summed E-state index contributed by atoms with van der Waals surface area (Å²) in [6, 6.07) is 9.48. The molecule has 3 N–H and O–H groups in total. The van der Waals surface area contributed by atoms with Crippen LogP contribution in [0.2, 0.25) is 0 Å². The lowest BCUT2D eigenvalue weighted by Crippen LogP contribution is -2.49. The van der Waals surface area contributed by atoms with E-state index in [-0.39, 0.29) is 12.1 Å². The number of aromatic nitrogens is 2. The number of benzene rings is 2. The van der Waals surface area contributed by atoms with E-state index in [2.05, 4.69) is 40.1 Å². The largest absolute Gasteiger partial charge is 0.493 e. The Morgan fingerprint density at radius 1 is 1.09 bits per heavy atom. The summed E-state index contributed by atoms with van der Waals surface area (Å²) < 4.78 is 11.3. The molecule has 0 bridgehead atoms. The van der Waals surface area contributed by atoms with E-state index < -0.39 is 0 Å². The highest BCUT2D eigenvalue weighted by atomic mass is 16.6. The lowest BCUT2D eigenvalue weighted by molar-refractivity contribution is 0.112. The maximum Gasteiger partial charge on any atom is 0.415 e. The predicted octanol–water partition coefficient (Wildman–Crippen LogP) is 4.15. The minimum Gasteiger partial charge on any atom is -0.493 e. The molecule has 0 saturated carbocycles. The number of anilines is 2. The molecule has 1 unspecified atom stereocenters. The van der Waals surface area contributed by atoms with Gasteiger partial charge in [-0.15, -0.1) is 0 Å². The van der Waals surface area contributed by atoms with Crippen molar-refractivity contribution in [3.63, 3.8) is 0 Å². The number of nitrogens with two attached hydrogens (primary N) is 1. The van der Waals surface area contributed by atoms with Gasteiger partial charge in [-0.2, -0.15) is 0 Å². The van der Waals surface area contributed by atoms with E-state index in [1.807, 2.05) is 26.0 Å². The number of piperazine rings is 1. The Morgan fingerprint density at radius 2 is 1.83 bits per heavy atom. The van der Waals surface area contributed by atoms with Crippen molar-refractivity contribution in [2.75, 3.05) is 50.9 Å². The summed E-state index contributed by atoms with van der Waals surface area (Å²) in [7, 11) is 1.55. The molecule has 1 atom stereocenters. The quantitative estimate of drug-likeness (QED) is 0.509. The number of hydrogen-bond acceptors (Lipinski definition) is 8. The second-order valence-electron chi connectivity index (χ2n) is 8.97. The molecule has 4 rings (SSSR count). The number of nitrogens with one attached hydrogen (secondary N) is 1. The molecule has 2 aromatic carbocycles. The van der Waals surface area contributed by atoms with E-state index >= 15 is 0 Å². The monoisotopic (exact) mass is 478 g/mol. The number of methoxy groups -OCH3 is 1. The molecule has 0 spiro atoms. The van der Waals surface area contributed by atoms with Gasteiger partial charge >= 0.3 is 6.09 Å². The van der Waals surface area contributed by atoms with E-state index in [1.54, 1.807) is 24.1 Å². The highest BCUT2D eigenvalue weighted by Crippen LogP contribution is 2.36. The van der Waals surface area contributed by atoms with Crippen LogP contribution in [0.1, 0.15) is 36.8 Å². The minimum absolute atomic E-state index is 0.0577. The summed E-state index contributed by atoms with van der Waals surface area (Å²) in [5, 5.41) is 4.22. The molecule has 35 heavy (non-hydrogen) atoms. The Bertz CT molecular complexity index is 1200. The zero-order chi connectivity index (χ0) is 25.1. The smallest absolute Gasteiger partial charge is 0.415 e. The van der Waals surface area contributed by atoms with E-state index in [0.29, 0.717) is 41.7 Å². The molecular formula is C26H34N6O3. The van der Waals surface area contributed by atoms with Gasteiger partial charge in [0.2, 0.25) is 0 Å². The molecule has 9 heteroatoms. The van der Waals surface area contributed by atoms with Gasteiger partial charge in [0.05, 0.1) is 18.7 Å². The van der Waals surface area contributed by atoms with Crippen LogP contribution in [0.3, 0.4) is 0 Å². The first kappa shape index (κ1) is 24.5. The third kappa shape index (κ3) is 5.57. The highest BCUT2D eigenvalue weighted by molar-refractivity contribution is 5.92. The number of carbonyl (C=O) groups is 1. The van der Waals surface area contributed by atoms with Gasteiger partial charge in [0.15, 0.2) is 11.5 Å². The predicted molar refractivity (Wildman–Crippen MR) is 138 cm³/mol. The summed E-state index contributed by atoms with van der Waals surface area (Å²) in [6.07, 6.45) is -0.385. The van der Waals surface area contributed by atoms with Gasteiger partial charge in [-0.3, -0.25) is 0 Å². The zero-order valence-corrected chi connectivity index (χ0v) is 21.1. The summed E-state index contributed by atoms with van der Waals surface area (Å²) in [5.41, 5.74) is 9.62. The van der Waals surface area contributed by atoms with Crippen LogP contribution in [0.5, 0.6) is 11.5 Å². The van der Waals surface area contributed by atoms with Crippen molar-refractivity contribution in [2.24, 2.45) is 0 Å². The van der Waals surface area contributed by atoms with Gasteiger partial charge in [-0.1, -0.05) is 13.0 Å². The van der Waals surface area contributed by atoms with Crippen molar-refractivity contribution in [1.82, 2.24) is 19.8 Å². The highest BCUT2D eigenvalue weighted by Gasteiger charge is 2.24. The molecule has 1 aliphatic heterocycles. The molecule has 9 nitrogen and oxygen atoms in total. The average Bonchev–Trinajstić information content (AvgIpc) is 2.83. The van der Waals surface area contributed by atoms with Gasteiger partial charge in [-0.25, -0.2) is 14.8 Å². The lowest BCUT2D eigenvalue weighted by atomic mass is 10.0. The molecule has 1 aromatic heterocycles. The summed E-state index contributed by atoms with van der Waals surface area (Å²) >= 11 is 0. The van der Waals surface area contributed by atoms with E-state index in [9.17, 15) is 4.79 Å². The van der Waals surface area contributed by atoms with Gasteiger partial charge in [0.25, 0.3) is 0 Å². The van der Waals surface area contributed by atoms with E-state index in [1.165, 1.54) is 0 Å². The number of rotatable bonds is 6. The van der Waals surface area contributed by atoms with Crippen LogP contribution >= 0.6 is 0 Å². The topological polar surface area (TPSA) is 106 Å². The van der Waals surface area contributed by atoms with Crippen molar-refractivity contribution in [3.05, 3.63) is 47.3 Å². The third-order valence-corrected chi connectivity index (χ3v) is 6.34. The number of aryl methyl sites for hydroxylation is 2. The Labute approximate surface area is 206 Å². The molecule has 1 fully saturated rings. The SMILES string of the molecule is CCN1CCN(C(=O)Oc2cc3c(NC(C)c4cc(C)cc(N)c4)nc(C)nc3cc2OC)CC1. The molecule has 186 valence electrons. The zero-order valence-electron chi connectivity index (χ0n) is 21.1. The van der Waals surface area contributed by atoms with Gasteiger partial charge in [-0.05, 0) is 56.6 Å². The summed E-state index contributed by atoms with van der Waals surface area (Å²) in [4.78, 5) is 26.2. The van der Waals surface area contributed by atoms with Crippen molar-refractivity contribution in [1.29, 1.82) is 0 Å². The maximum atomic E-state index is 12.9. The minimum atomic E-state index is -0.385. The Hall–Kier alpha value is -3.59. The first-order valence-corrected chi connectivity index (χ1v) is 12.0. The second-order valence-corrected chi connectivity index (χ2v) is 8.97. The van der Waals surface area contributed by atoms with Gasteiger partial charge < -0.3 is 30.3 Å². The summed E-state index contributed by atoms with van der Waals surface area (Å²) in [5.74, 6) is 2.06. The normalized spacial score (nSPS) is 15.2. The van der Waals surface area contributed by atoms with Crippen LogP contribution in [-0.4, -0.2) is 65.7 Å². The van der Waals surface area contributed by atoms with Crippen LogP contribution in [0, 0.1) is 13.8 Å². The number of fused-ring (bicyclic) bond motifs is 1. The van der Waals surface area contributed by atoms with Crippen LogP contribution in [0.15, 0.2) is 30.3 Å². The summed E-state index contributed by atoms with van der Waals surface area (Å²) in [6.45, 7) is 12.0. The van der Waals surface area contributed by atoms with Crippen molar-refractivity contribution < 1.29 is 14.3 Å². The van der Waals surface area contributed by atoms with E-state index in [0.717, 1.165) is 41.8 Å². The number of carbonyl (C=O) groups excluding carboxylic acids is 1. The Balaban J connectivity index is 1.64. The fraction of sp³-hybridized carbons (Fsp3) is 0.423. The molecule has 0 radical (unpaired) electrons. The van der Waals surface area contributed by atoms with Crippen molar-refractivity contribution >= 4 is 28.5 Å². The van der Waals surface area contributed by atoms with Crippen LogP contribution < -0.4 is 20.5 Å². The number of amides is 1. The second kappa shape index (κ2) is 10.4. The van der Waals surface area contributed by atoms with Crippen LogP contribution in [0.4, 0.5) is 16.3 Å². The third-order valence-electron chi connectivity index (χ3n) is 6.34. The van der Waals surface area contributed by atoms with Gasteiger partial charge in [0.1, 0.15) is 11.6 Å². The Morgan fingerprint density at radius 3 is 2.49 bits per heavy atom. The lowest BCUT2D eigenvalue weighted by Gasteiger charge is -2.33. The molecule has 1 saturated heterocycles. The number of nitrogens with zero attached hydrogens (tertiary/aromatic N) is 4. The standard InChI is InChI=1S/C26H34N6O3/c1-6-31-7-9-32(10-8-31)26(33)35-24-14-21-22(15-23(24)34-5)29-18(4)30-25(21)28-17(3)19-11-16(2)12-20(27)13-19/h11-15,17H,6-10,27H2,1-5H3,(H,28,29,30). The average molecular weight is 479 g/mol. The van der Waals surface area contributed by atoms with E-state index in [4.69, 9.17) is 15.2 Å². The molecule has 0 aliphatic carbocycles.